The number of carbonyl (C=O) groups excluding carboxylic acids is 1. The van der Waals surface area contributed by atoms with E-state index in [4.69, 9.17) is 23.2 Å². The number of nitrogens with zero attached hydrogens (tertiary/aromatic N) is 1. The first-order valence-electron chi connectivity index (χ1n) is 7.89. The van der Waals surface area contributed by atoms with E-state index in [1.807, 2.05) is 0 Å². The van der Waals surface area contributed by atoms with Gasteiger partial charge in [-0.1, -0.05) is 35.0 Å². The van der Waals surface area contributed by atoms with E-state index in [2.05, 4.69) is 10.5 Å². The summed E-state index contributed by atoms with van der Waals surface area (Å²) in [6.45, 7) is 1.58. The summed E-state index contributed by atoms with van der Waals surface area (Å²) in [6, 6.07) is 8.50. The van der Waals surface area contributed by atoms with Gasteiger partial charge in [-0.2, -0.15) is 5.10 Å². The Morgan fingerprint density at radius 2 is 1.83 bits per heavy atom. The van der Waals surface area contributed by atoms with Gasteiger partial charge in [-0.15, -0.1) is 11.3 Å². The van der Waals surface area contributed by atoms with Gasteiger partial charge in [-0.3, -0.25) is 4.79 Å². The Bertz CT molecular complexity index is 1100. The summed E-state index contributed by atoms with van der Waals surface area (Å²) in [6.07, 6.45) is 0. The number of amides is 1. The Morgan fingerprint density at radius 1 is 1.10 bits per heavy atom. The molecule has 0 unspecified atom stereocenters. The summed E-state index contributed by atoms with van der Waals surface area (Å²) >= 11 is 13.2. The average molecular weight is 475 g/mol. The number of thiophene rings is 1. The molecule has 0 atom stereocenters. The molecule has 3 rings (SSSR count). The SMILES string of the molecule is C/C(=N\NC(=O)c1ccc(O)cc1O)c1csc(-c2ccc(Cl)c(Cl)c2)c1[O-].[K+]. The number of nitrogens with one attached hydrogen (secondary N) is 1. The van der Waals surface area contributed by atoms with Crippen LogP contribution in [0.3, 0.4) is 0 Å². The predicted octanol–water partition coefficient (Wildman–Crippen LogP) is 1.36. The molecule has 0 bridgehead atoms. The van der Waals surface area contributed by atoms with E-state index < -0.39 is 5.91 Å². The fourth-order valence-corrected chi connectivity index (χ4v) is 3.69. The molecule has 3 N–H and O–H groups in total. The molecule has 1 aromatic heterocycles. The van der Waals surface area contributed by atoms with Crippen molar-refractivity contribution < 1.29 is 71.5 Å². The van der Waals surface area contributed by atoms with Crippen molar-refractivity contribution in [3.05, 3.63) is 63.0 Å². The van der Waals surface area contributed by atoms with Crippen LogP contribution in [0.2, 0.25) is 10.0 Å². The van der Waals surface area contributed by atoms with Crippen molar-refractivity contribution in [2.45, 2.75) is 6.92 Å². The van der Waals surface area contributed by atoms with Crippen LogP contribution in [0.4, 0.5) is 0 Å². The molecule has 6 nitrogen and oxygen atoms in total. The van der Waals surface area contributed by atoms with Crippen LogP contribution in [-0.2, 0) is 0 Å². The molecule has 2 aromatic carbocycles. The topological polar surface area (TPSA) is 105 Å². The first-order chi connectivity index (χ1) is 13.3. The molecule has 10 heteroatoms. The zero-order chi connectivity index (χ0) is 20.4. The summed E-state index contributed by atoms with van der Waals surface area (Å²) in [4.78, 5) is 12.6. The summed E-state index contributed by atoms with van der Waals surface area (Å²) in [5.74, 6) is -1.47. The van der Waals surface area contributed by atoms with E-state index >= 15 is 0 Å². The van der Waals surface area contributed by atoms with Crippen molar-refractivity contribution in [1.29, 1.82) is 0 Å². The summed E-state index contributed by atoms with van der Waals surface area (Å²) in [5.41, 5.74) is 3.51. The number of benzene rings is 2. The second kappa shape index (κ2) is 10.3. The molecule has 0 radical (unpaired) electrons. The minimum Gasteiger partial charge on any atom is -0.871 e. The number of phenols is 2. The molecule has 0 fully saturated rings. The molecule has 1 amide bonds. The summed E-state index contributed by atoms with van der Waals surface area (Å²) in [7, 11) is 0. The summed E-state index contributed by atoms with van der Waals surface area (Å²) in [5, 5.41) is 38.0. The average Bonchev–Trinajstić information content (AvgIpc) is 3.03. The van der Waals surface area contributed by atoms with Crippen LogP contribution < -0.4 is 61.9 Å². The Morgan fingerprint density at radius 3 is 2.48 bits per heavy atom. The normalized spacial score (nSPS) is 11.1. The zero-order valence-electron chi connectivity index (χ0n) is 15.4. The van der Waals surface area contributed by atoms with Crippen molar-refractivity contribution in [3.8, 4) is 27.7 Å². The van der Waals surface area contributed by atoms with Crippen molar-refractivity contribution in [3.63, 3.8) is 0 Å². The van der Waals surface area contributed by atoms with Crippen LogP contribution >= 0.6 is 34.5 Å². The number of halogens is 2. The van der Waals surface area contributed by atoms with Gasteiger partial charge in [0.15, 0.2) is 0 Å². The van der Waals surface area contributed by atoms with Crippen molar-refractivity contribution in [2.24, 2.45) is 5.10 Å². The van der Waals surface area contributed by atoms with E-state index in [1.54, 1.807) is 30.5 Å². The number of hydrazone groups is 1. The van der Waals surface area contributed by atoms with Gasteiger partial charge in [0.2, 0.25) is 0 Å². The molecule has 0 saturated carbocycles. The van der Waals surface area contributed by atoms with Crippen LogP contribution in [0, 0.1) is 0 Å². The number of hydrogen-bond donors (Lipinski definition) is 3. The number of phenolic OH excluding ortho intramolecular Hbond substituents is 2. The smallest absolute Gasteiger partial charge is 0.871 e. The van der Waals surface area contributed by atoms with Gasteiger partial charge in [0.05, 0.1) is 21.3 Å². The first-order valence-corrected chi connectivity index (χ1v) is 9.52. The van der Waals surface area contributed by atoms with Crippen LogP contribution in [0.5, 0.6) is 17.2 Å². The predicted molar refractivity (Wildman–Crippen MR) is 109 cm³/mol. The molecule has 0 saturated heterocycles. The molecule has 0 aliphatic heterocycles. The number of hydrogen-bond acceptors (Lipinski definition) is 6. The Kier molecular flexibility index (Phi) is 8.56. The third kappa shape index (κ3) is 5.53. The number of rotatable bonds is 4. The quantitative estimate of drug-likeness (QED) is 0.301. The largest absolute Gasteiger partial charge is 1.00 e. The maximum absolute atomic E-state index is 12.7. The van der Waals surface area contributed by atoms with E-state index in [0.717, 1.165) is 6.07 Å². The van der Waals surface area contributed by atoms with Gasteiger partial charge in [0.25, 0.3) is 5.91 Å². The van der Waals surface area contributed by atoms with Crippen molar-refractivity contribution in [2.75, 3.05) is 0 Å². The van der Waals surface area contributed by atoms with Crippen LogP contribution in [0.1, 0.15) is 22.8 Å². The third-order valence-electron chi connectivity index (χ3n) is 3.87. The standard InChI is InChI=1S/C19H14Cl2N2O4S.K/c1-9(22-23-19(27)12-4-3-11(24)7-16(12)25)13-8-28-18(17(13)26)10-2-5-14(20)15(21)6-10;/h2-8,24-26H,1H3,(H,23,27);/q;+1/p-1/b22-9+;. The molecular formula is C19H13Cl2KN2O4S. The second-order valence-electron chi connectivity index (χ2n) is 5.78. The van der Waals surface area contributed by atoms with Crippen molar-refractivity contribution >= 4 is 46.2 Å². The fraction of sp³-hybridized carbons (Fsp3) is 0.0526. The third-order valence-corrected chi connectivity index (χ3v) is 5.62. The molecular weight excluding hydrogens is 462 g/mol. The van der Waals surface area contributed by atoms with Gasteiger partial charge >= 0.3 is 51.4 Å². The molecule has 0 aliphatic rings. The molecule has 0 aliphatic carbocycles. The second-order valence-corrected chi connectivity index (χ2v) is 7.47. The summed E-state index contributed by atoms with van der Waals surface area (Å²) < 4.78 is 0. The molecule has 144 valence electrons. The van der Waals surface area contributed by atoms with Gasteiger partial charge in [0.1, 0.15) is 11.5 Å². The van der Waals surface area contributed by atoms with E-state index in [1.165, 1.54) is 23.5 Å². The van der Waals surface area contributed by atoms with Gasteiger partial charge in [0, 0.05) is 16.5 Å². The zero-order valence-corrected chi connectivity index (χ0v) is 20.8. The number of carbonyl (C=O) groups is 1. The maximum Gasteiger partial charge on any atom is 1.00 e. The monoisotopic (exact) mass is 474 g/mol. The van der Waals surface area contributed by atoms with E-state index in [-0.39, 0.29) is 74.2 Å². The Balaban J connectivity index is 0.00000300. The van der Waals surface area contributed by atoms with Gasteiger partial charge in [-0.05, 0) is 42.1 Å². The van der Waals surface area contributed by atoms with Crippen LogP contribution in [0.25, 0.3) is 10.4 Å². The molecule has 0 spiro atoms. The molecule has 29 heavy (non-hydrogen) atoms. The van der Waals surface area contributed by atoms with Gasteiger partial charge < -0.3 is 15.3 Å². The van der Waals surface area contributed by atoms with E-state index in [9.17, 15) is 20.1 Å². The molecule has 1 heterocycles. The minimum atomic E-state index is -0.677. The van der Waals surface area contributed by atoms with Crippen LogP contribution in [0.15, 0.2) is 46.9 Å². The van der Waals surface area contributed by atoms with Gasteiger partial charge in [-0.25, -0.2) is 5.43 Å². The maximum atomic E-state index is 12.7. The fourth-order valence-electron chi connectivity index (χ4n) is 2.40. The first kappa shape index (κ1) is 24.2. The minimum absolute atomic E-state index is 0. The Labute approximate surface area is 223 Å². The molecule has 3 aromatic rings. The number of aromatic hydroxyl groups is 2. The van der Waals surface area contributed by atoms with Crippen LogP contribution in [-0.4, -0.2) is 21.8 Å². The Hall–Kier alpha value is -1.10. The van der Waals surface area contributed by atoms with E-state index in [0.29, 0.717) is 31.8 Å². The van der Waals surface area contributed by atoms with Crippen molar-refractivity contribution in [1.82, 2.24) is 5.43 Å².